The zero-order valence-corrected chi connectivity index (χ0v) is 12.8. The lowest BCUT2D eigenvalue weighted by molar-refractivity contribution is 0.390. The molecule has 0 aliphatic rings. The average Bonchev–Trinajstić information content (AvgIpc) is 2.33. The predicted octanol–water partition coefficient (Wildman–Crippen LogP) is 6.73. The molecule has 0 fully saturated rings. The van der Waals surface area contributed by atoms with E-state index in [1.807, 2.05) is 0 Å². The highest BCUT2D eigenvalue weighted by atomic mass is 14.1. The van der Waals surface area contributed by atoms with Crippen molar-refractivity contribution in [3.8, 4) is 0 Å². The fraction of sp³-hybridized carbons (Fsp3) is 1.00. The van der Waals surface area contributed by atoms with Crippen LogP contribution >= 0.6 is 0 Å². The van der Waals surface area contributed by atoms with E-state index in [4.69, 9.17) is 0 Å². The van der Waals surface area contributed by atoms with Crippen molar-refractivity contribution in [2.24, 2.45) is 5.92 Å². The Balaban J connectivity index is 3.23. The highest BCUT2D eigenvalue weighted by Gasteiger charge is 2.05. The van der Waals surface area contributed by atoms with Crippen molar-refractivity contribution in [1.82, 2.24) is 0 Å². The fourth-order valence-corrected chi connectivity index (χ4v) is 2.82. The highest BCUT2D eigenvalue weighted by molar-refractivity contribution is 4.59. The summed E-state index contributed by atoms with van der Waals surface area (Å²) in [7, 11) is 0. The molecule has 0 nitrogen and oxygen atoms in total. The number of hydrogen-bond acceptors (Lipinski definition) is 0. The zero-order valence-electron chi connectivity index (χ0n) is 12.8. The van der Waals surface area contributed by atoms with Crippen molar-refractivity contribution < 1.29 is 0 Å². The fourth-order valence-electron chi connectivity index (χ4n) is 2.82. The van der Waals surface area contributed by atoms with Gasteiger partial charge in [-0.25, -0.2) is 0 Å². The van der Waals surface area contributed by atoms with Crippen LogP contribution in [0.2, 0.25) is 0 Å². The van der Waals surface area contributed by atoms with E-state index >= 15 is 0 Å². The van der Waals surface area contributed by atoms with Gasteiger partial charge in [0.15, 0.2) is 0 Å². The van der Waals surface area contributed by atoms with Gasteiger partial charge in [-0.1, -0.05) is 104 Å². The van der Waals surface area contributed by atoms with Gasteiger partial charge in [-0.15, -0.1) is 0 Å². The minimum Gasteiger partial charge on any atom is -0.0654 e. The third-order valence-electron chi connectivity index (χ3n) is 3.86. The van der Waals surface area contributed by atoms with Crippen molar-refractivity contribution >= 4 is 0 Å². The van der Waals surface area contributed by atoms with Gasteiger partial charge in [-0.2, -0.15) is 0 Å². The lowest BCUT2D eigenvalue weighted by Crippen LogP contribution is -1.99. The summed E-state index contributed by atoms with van der Waals surface area (Å²) in [4.78, 5) is 0. The van der Waals surface area contributed by atoms with E-state index < -0.39 is 0 Å². The maximum absolute atomic E-state index is 2.33. The molecule has 17 heavy (non-hydrogen) atoms. The standard InChI is InChI=1S/C17H36/c1-4-7-8-9-10-11-12-13-16-17(14-5-2)15-6-3/h17H,4-16H2,1-3H3. The van der Waals surface area contributed by atoms with Gasteiger partial charge in [0.05, 0.1) is 0 Å². The predicted molar refractivity (Wildman–Crippen MR) is 80.5 cm³/mol. The van der Waals surface area contributed by atoms with Crippen LogP contribution in [-0.4, -0.2) is 0 Å². The second kappa shape index (κ2) is 14.1. The first kappa shape index (κ1) is 17.0. The Morgan fingerprint density at radius 2 is 0.941 bits per heavy atom. The summed E-state index contributed by atoms with van der Waals surface area (Å²) in [5, 5.41) is 0. The molecule has 0 spiro atoms. The monoisotopic (exact) mass is 240 g/mol. The molecule has 0 aromatic rings. The Morgan fingerprint density at radius 1 is 0.471 bits per heavy atom. The quantitative estimate of drug-likeness (QED) is 0.313. The van der Waals surface area contributed by atoms with Gasteiger partial charge in [-0.3, -0.25) is 0 Å². The topological polar surface area (TPSA) is 0 Å². The Hall–Kier alpha value is 0. The molecule has 0 aliphatic carbocycles. The van der Waals surface area contributed by atoms with Gasteiger partial charge in [-0.05, 0) is 5.92 Å². The SMILES string of the molecule is CCCCCCCCCCC(CCC)CCC. The smallest absolute Gasteiger partial charge is 0.0414 e. The van der Waals surface area contributed by atoms with Gasteiger partial charge in [0, 0.05) is 0 Å². The molecule has 0 unspecified atom stereocenters. The molecule has 0 bridgehead atoms. The lowest BCUT2D eigenvalue weighted by Gasteiger charge is -2.14. The summed E-state index contributed by atoms with van der Waals surface area (Å²) in [6.07, 6.45) is 18.8. The van der Waals surface area contributed by atoms with Crippen molar-refractivity contribution in [3.63, 3.8) is 0 Å². The lowest BCUT2D eigenvalue weighted by atomic mass is 9.92. The van der Waals surface area contributed by atoms with Gasteiger partial charge in [0.1, 0.15) is 0 Å². The molecule has 0 radical (unpaired) electrons. The van der Waals surface area contributed by atoms with Crippen molar-refractivity contribution in [1.29, 1.82) is 0 Å². The molecule has 0 heterocycles. The van der Waals surface area contributed by atoms with Crippen LogP contribution < -0.4 is 0 Å². The normalized spacial score (nSPS) is 11.3. The Labute approximate surface area is 111 Å². The summed E-state index contributed by atoms with van der Waals surface area (Å²) in [5.41, 5.74) is 0. The summed E-state index contributed by atoms with van der Waals surface area (Å²) in [6.45, 7) is 6.95. The summed E-state index contributed by atoms with van der Waals surface area (Å²) in [6, 6.07) is 0. The second-order valence-electron chi connectivity index (χ2n) is 5.71. The van der Waals surface area contributed by atoms with E-state index in [1.54, 1.807) is 0 Å². The average molecular weight is 240 g/mol. The molecular weight excluding hydrogens is 204 g/mol. The molecule has 0 aromatic heterocycles. The van der Waals surface area contributed by atoms with Crippen molar-refractivity contribution in [2.75, 3.05) is 0 Å². The zero-order chi connectivity index (χ0) is 12.8. The Bertz CT molecular complexity index is 122. The minimum atomic E-state index is 1.03. The van der Waals surface area contributed by atoms with Crippen LogP contribution in [0.3, 0.4) is 0 Å². The van der Waals surface area contributed by atoms with Crippen molar-refractivity contribution in [2.45, 2.75) is 104 Å². The molecule has 0 atom stereocenters. The van der Waals surface area contributed by atoms with Gasteiger partial charge in [0.25, 0.3) is 0 Å². The highest BCUT2D eigenvalue weighted by Crippen LogP contribution is 2.21. The molecule has 0 saturated carbocycles. The molecule has 0 saturated heterocycles. The van der Waals surface area contributed by atoms with E-state index in [2.05, 4.69) is 20.8 Å². The first-order chi connectivity index (χ1) is 8.35. The van der Waals surface area contributed by atoms with Gasteiger partial charge < -0.3 is 0 Å². The Morgan fingerprint density at radius 3 is 1.41 bits per heavy atom. The number of rotatable bonds is 13. The summed E-state index contributed by atoms with van der Waals surface area (Å²) < 4.78 is 0. The number of hydrogen-bond donors (Lipinski definition) is 0. The second-order valence-corrected chi connectivity index (χ2v) is 5.71. The van der Waals surface area contributed by atoms with E-state index in [0.29, 0.717) is 0 Å². The van der Waals surface area contributed by atoms with E-state index in [9.17, 15) is 0 Å². The molecule has 104 valence electrons. The van der Waals surface area contributed by atoms with Crippen LogP contribution in [0.4, 0.5) is 0 Å². The molecule has 0 rings (SSSR count). The molecule has 0 heteroatoms. The molecule has 0 aliphatic heterocycles. The van der Waals surface area contributed by atoms with Gasteiger partial charge in [0.2, 0.25) is 0 Å². The molecular formula is C17H36. The minimum absolute atomic E-state index is 1.03. The van der Waals surface area contributed by atoms with Gasteiger partial charge >= 0.3 is 0 Å². The summed E-state index contributed by atoms with van der Waals surface area (Å²) >= 11 is 0. The Kier molecular flexibility index (Phi) is 14.1. The van der Waals surface area contributed by atoms with Crippen LogP contribution in [0, 0.1) is 5.92 Å². The first-order valence-corrected chi connectivity index (χ1v) is 8.35. The molecule has 0 aromatic carbocycles. The van der Waals surface area contributed by atoms with Crippen LogP contribution in [0.5, 0.6) is 0 Å². The molecule has 0 amide bonds. The van der Waals surface area contributed by atoms with Crippen molar-refractivity contribution in [3.05, 3.63) is 0 Å². The van der Waals surface area contributed by atoms with Crippen LogP contribution in [0.25, 0.3) is 0 Å². The van der Waals surface area contributed by atoms with E-state index in [1.165, 1.54) is 83.5 Å². The third kappa shape index (κ3) is 12.2. The first-order valence-electron chi connectivity index (χ1n) is 8.35. The van der Waals surface area contributed by atoms with E-state index in [-0.39, 0.29) is 0 Å². The largest absolute Gasteiger partial charge is 0.0654 e. The van der Waals surface area contributed by atoms with E-state index in [0.717, 1.165) is 5.92 Å². The van der Waals surface area contributed by atoms with Crippen LogP contribution in [-0.2, 0) is 0 Å². The molecule has 0 N–H and O–H groups in total. The third-order valence-corrected chi connectivity index (χ3v) is 3.86. The number of unbranched alkanes of at least 4 members (excludes halogenated alkanes) is 7. The van der Waals surface area contributed by atoms with Crippen LogP contribution in [0.15, 0.2) is 0 Å². The maximum atomic E-state index is 2.33. The van der Waals surface area contributed by atoms with Crippen LogP contribution in [0.1, 0.15) is 104 Å². The summed E-state index contributed by atoms with van der Waals surface area (Å²) in [5.74, 6) is 1.03. The maximum Gasteiger partial charge on any atom is -0.0414 e.